The molecule has 2 fully saturated rings. The molecule has 1 heterocycles. The summed E-state index contributed by atoms with van der Waals surface area (Å²) >= 11 is 1.30. The molecule has 1 N–H and O–H groups in total. The van der Waals surface area contributed by atoms with Crippen LogP contribution >= 0.6 is 11.8 Å². The zero-order chi connectivity index (χ0) is 12.8. The van der Waals surface area contributed by atoms with Crippen molar-refractivity contribution in [3.05, 3.63) is 29.1 Å². The number of hydrogen-bond acceptors (Lipinski definition) is 4. The van der Waals surface area contributed by atoms with Gasteiger partial charge in [0.15, 0.2) is 0 Å². The number of nitrogens with one attached hydrogen (secondary N) is 1. The Labute approximate surface area is 112 Å². The second kappa shape index (κ2) is 4.35. The molecule has 2 aliphatic carbocycles. The van der Waals surface area contributed by atoms with E-state index in [2.05, 4.69) is 10.3 Å². The highest BCUT2D eigenvalue weighted by Gasteiger charge is 2.46. The second-order valence-corrected chi connectivity index (χ2v) is 6.00. The third-order valence-electron chi connectivity index (χ3n) is 4.08. The molecule has 0 atom stereocenters. The van der Waals surface area contributed by atoms with Crippen molar-refractivity contribution in [3.8, 4) is 0 Å². The Kier molecular flexibility index (Phi) is 2.94. The van der Waals surface area contributed by atoms with Gasteiger partial charge in [-0.25, -0.2) is 0 Å². The molecule has 2 aliphatic rings. The molecule has 1 aromatic heterocycles. The molecule has 0 amide bonds. The lowest BCUT2D eigenvalue weighted by molar-refractivity contribution is 0.108. The summed E-state index contributed by atoms with van der Waals surface area (Å²) in [6.07, 6.45) is 8.32. The Morgan fingerprint density at radius 3 is 2.72 bits per heavy atom. The van der Waals surface area contributed by atoms with E-state index in [4.69, 9.17) is 0 Å². The Balaban J connectivity index is 2.12. The number of thioether (sulfide) groups is 1. The fraction of sp³-hybridized carbons (Fsp3) is 0.571. The molecule has 0 spiro atoms. The Morgan fingerprint density at radius 1 is 1.50 bits per heavy atom. The molecule has 2 saturated carbocycles. The van der Waals surface area contributed by atoms with E-state index in [0.717, 1.165) is 24.1 Å². The van der Waals surface area contributed by atoms with Crippen molar-refractivity contribution in [2.45, 2.75) is 37.1 Å². The van der Waals surface area contributed by atoms with E-state index in [0.29, 0.717) is 5.92 Å². The molecule has 0 aliphatic heterocycles. The van der Waals surface area contributed by atoms with Crippen molar-refractivity contribution < 1.29 is 4.79 Å². The maximum atomic E-state index is 12.3. The molecule has 96 valence electrons. The molecular formula is C14H18N2OS. The molecular weight excluding hydrogens is 244 g/mol. The van der Waals surface area contributed by atoms with Crippen LogP contribution in [0.1, 0.15) is 53.2 Å². The second-order valence-electron chi connectivity index (χ2n) is 5.22. The summed E-state index contributed by atoms with van der Waals surface area (Å²) in [7, 11) is 1.98. The monoisotopic (exact) mass is 262 g/mol. The van der Waals surface area contributed by atoms with Crippen LogP contribution in [0, 0.1) is 0 Å². The standard InChI is InChI=1S/C14H18N2OS/c1-15-14(6-7-14)10-5-8-16-12(9-3-4-9)11(10)13(17)18-2/h5,8-9,15H,3-4,6-7H2,1-2H3. The molecule has 0 radical (unpaired) electrons. The van der Waals surface area contributed by atoms with Crippen molar-refractivity contribution in [2.75, 3.05) is 13.3 Å². The topological polar surface area (TPSA) is 42.0 Å². The van der Waals surface area contributed by atoms with Crippen molar-refractivity contribution in [2.24, 2.45) is 0 Å². The number of hydrogen-bond donors (Lipinski definition) is 1. The number of pyridine rings is 1. The molecule has 0 unspecified atom stereocenters. The summed E-state index contributed by atoms with van der Waals surface area (Å²) in [5.41, 5.74) is 3.13. The Morgan fingerprint density at radius 2 is 2.22 bits per heavy atom. The van der Waals surface area contributed by atoms with Crippen molar-refractivity contribution in [1.29, 1.82) is 0 Å². The minimum atomic E-state index is 0.0350. The van der Waals surface area contributed by atoms with Gasteiger partial charge in [0.2, 0.25) is 5.12 Å². The molecule has 0 saturated heterocycles. The van der Waals surface area contributed by atoms with Crippen LogP contribution in [0.3, 0.4) is 0 Å². The first kappa shape index (κ1) is 12.2. The highest BCUT2D eigenvalue weighted by atomic mass is 32.2. The van der Waals surface area contributed by atoms with Gasteiger partial charge in [0, 0.05) is 17.7 Å². The fourth-order valence-corrected chi connectivity index (χ4v) is 3.06. The summed E-state index contributed by atoms with van der Waals surface area (Å²) in [4.78, 5) is 16.8. The zero-order valence-electron chi connectivity index (χ0n) is 10.8. The smallest absolute Gasteiger partial charge is 0.221 e. The largest absolute Gasteiger partial charge is 0.310 e. The quantitative estimate of drug-likeness (QED) is 0.906. The lowest BCUT2D eigenvalue weighted by Crippen LogP contribution is -2.27. The first-order chi connectivity index (χ1) is 8.72. The van der Waals surface area contributed by atoms with Gasteiger partial charge in [0.1, 0.15) is 0 Å². The van der Waals surface area contributed by atoms with Crippen molar-refractivity contribution in [3.63, 3.8) is 0 Å². The highest BCUT2D eigenvalue weighted by Crippen LogP contribution is 2.49. The maximum Gasteiger partial charge on any atom is 0.221 e. The summed E-state index contributed by atoms with van der Waals surface area (Å²) < 4.78 is 0. The number of carbonyl (C=O) groups is 1. The Bertz CT molecular complexity index is 493. The third kappa shape index (κ3) is 1.88. The van der Waals surface area contributed by atoms with E-state index in [-0.39, 0.29) is 10.7 Å². The van der Waals surface area contributed by atoms with Gasteiger partial charge in [0.25, 0.3) is 0 Å². The number of nitrogens with zero attached hydrogens (tertiary/aromatic N) is 1. The van der Waals surface area contributed by atoms with Crippen LogP contribution < -0.4 is 5.32 Å². The molecule has 0 bridgehead atoms. The van der Waals surface area contributed by atoms with E-state index >= 15 is 0 Å². The summed E-state index contributed by atoms with van der Waals surface area (Å²) in [5, 5.41) is 3.55. The molecule has 3 rings (SSSR count). The minimum Gasteiger partial charge on any atom is -0.310 e. The molecule has 0 aromatic carbocycles. The lowest BCUT2D eigenvalue weighted by atomic mass is 9.97. The third-order valence-corrected chi connectivity index (χ3v) is 4.65. The first-order valence-electron chi connectivity index (χ1n) is 6.48. The number of aromatic nitrogens is 1. The predicted octanol–water partition coefficient (Wildman–Crippen LogP) is 2.67. The van der Waals surface area contributed by atoms with Crippen molar-refractivity contribution in [1.82, 2.24) is 10.3 Å². The lowest BCUT2D eigenvalue weighted by Gasteiger charge is -2.20. The van der Waals surface area contributed by atoms with Gasteiger partial charge in [0.05, 0.1) is 11.3 Å². The average molecular weight is 262 g/mol. The average Bonchev–Trinajstić information content (AvgIpc) is 3.31. The Hall–Kier alpha value is -0.870. The van der Waals surface area contributed by atoms with Gasteiger partial charge in [-0.2, -0.15) is 0 Å². The molecule has 3 nitrogen and oxygen atoms in total. The van der Waals surface area contributed by atoms with Crippen LogP contribution in [0.15, 0.2) is 12.3 Å². The first-order valence-corrected chi connectivity index (χ1v) is 7.71. The van der Waals surface area contributed by atoms with Gasteiger partial charge in [-0.1, -0.05) is 11.8 Å². The molecule has 1 aromatic rings. The normalized spacial score (nSPS) is 20.8. The van der Waals surface area contributed by atoms with E-state index in [9.17, 15) is 4.79 Å². The minimum absolute atomic E-state index is 0.0350. The summed E-state index contributed by atoms with van der Waals surface area (Å²) in [6, 6.07) is 2.03. The van der Waals surface area contributed by atoms with E-state index in [1.165, 1.54) is 30.2 Å². The van der Waals surface area contributed by atoms with E-state index in [1.54, 1.807) is 0 Å². The van der Waals surface area contributed by atoms with Crippen molar-refractivity contribution >= 4 is 16.9 Å². The SMILES string of the molecule is CNC1(c2ccnc(C3CC3)c2C(=O)SC)CC1. The van der Waals surface area contributed by atoms with Gasteiger partial charge < -0.3 is 5.32 Å². The van der Waals surface area contributed by atoms with Gasteiger partial charge >= 0.3 is 0 Å². The number of carbonyl (C=O) groups excluding carboxylic acids is 1. The summed E-state index contributed by atoms with van der Waals surface area (Å²) in [5.74, 6) is 0.517. The van der Waals surface area contributed by atoms with Gasteiger partial charge in [-0.05, 0) is 50.6 Å². The fourth-order valence-electron chi connectivity index (χ4n) is 2.64. The number of rotatable bonds is 4. The highest BCUT2D eigenvalue weighted by molar-refractivity contribution is 8.13. The van der Waals surface area contributed by atoms with Crippen LogP contribution in [-0.2, 0) is 5.54 Å². The van der Waals surface area contributed by atoms with Crippen LogP contribution in [-0.4, -0.2) is 23.4 Å². The zero-order valence-corrected chi connectivity index (χ0v) is 11.6. The van der Waals surface area contributed by atoms with Gasteiger partial charge in [-0.15, -0.1) is 0 Å². The summed E-state index contributed by atoms with van der Waals surface area (Å²) in [6.45, 7) is 0. The van der Waals surface area contributed by atoms with Gasteiger partial charge in [-0.3, -0.25) is 9.78 Å². The maximum absolute atomic E-state index is 12.3. The van der Waals surface area contributed by atoms with E-state index in [1.807, 2.05) is 25.6 Å². The van der Waals surface area contributed by atoms with Crippen LogP contribution in [0.4, 0.5) is 0 Å². The molecule has 18 heavy (non-hydrogen) atoms. The van der Waals surface area contributed by atoms with Crippen LogP contribution in [0.5, 0.6) is 0 Å². The van der Waals surface area contributed by atoms with Crippen LogP contribution in [0.25, 0.3) is 0 Å². The predicted molar refractivity (Wildman–Crippen MR) is 74.0 cm³/mol. The van der Waals surface area contributed by atoms with E-state index < -0.39 is 0 Å². The molecule has 4 heteroatoms. The van der Waals surface area contributed by atoms with Crippen LogP contribution in [0.2, 0.25) is 0 Å².